The Balaban J connectivity index is 3.13. The van der Waals surface area contributed by atoms with E-state index < -0.39 is 11.7 Å². The molecule has 0 radical (unpaired) electrons. The summed E-state index contributed by atoms with van der Waals surface area (Å²) in [5.74, 6) is 0. The second-order valence-electron chi connectivity index (χ2n) is 4.26. The Labute approximate surface area is 110 Å². The molecule has 1 atom stereocenters. The highest BCUT2D eigenvalue weighted by Crippen LogP contribution is 2.32. The largest absolute Gasteiger partial charge is 0.416 e. The van der Waals surface area contributed by atoms with E-state index in [2.05, 4.69) is 0 Å². The predicted molar refractivity (Wildman–Crippen MR) is 65.9 cm³/mol. The summed E-state index contributed by atoms with van der Waals surface area (Å²) < 4.78 is 42.7. The third kappa shape index (κ3) is 3.61. The summed E-state index contributed by atoms with van der Waals surface area (Å²) in [4.78, 5) is 1.72. The second kappa shape index (κ2) is 5.93. The van der Waals surface area contributed by atoms with Crippen LogP contribution in [0.4, 0.5) is 18.9 Å². The zero-order valence-corrected chi connectivity index (χ0v) is 11.0. The van der Waals surface area contributed by atoms with Crippen LogP contribution in [0, 0.1) is 11.3 Å². The highest BCUT2D eigenvalue weighted by Gasteiger charge is 2.31. The van der Waals surface area contributed by atoms with Crippen LogP contribution in [0.1, 0.15) is 18.1 Å². The van der Waals surface area contributed by atoms with Crippen LogP contribution >= 0.6 is 0 Å². The Hall–Kier alpha value is -1.74. The van der Waals surface area contributed by atoms with Gasteiger partial charge >= 0.3 is 6.18 Å². The van der Waals surface area contributed by atoms with E-state index in [0.29, 0.717) is 12.3 Å². The van der Waals surface area contributed by atoms with Crippen molar-refractivity contribution in [2.24, 2.45) is 0 Å². The lowest BCUT2D eigenvalue weighted by Gasteiger charge is -2.27. The summed E-state index contributed by atoms with van der Waals surface area (Å²) >= 11 is 0. The van der Waals surface area contributed by atoms with Gasteiger partial charge in [0, 0.05) is 20.2 Å². The van der Waals surface area contributed by atoms with Crippen molar-refractivity contribution in [2.45, 2.75) is 19.1 Å². The molecule has 1 aromatic carbocycles. The number of likely N-dealkylation sites (N-methyl/N-ethyl adjacent to an activating group) is 1. The standard InChI is InChI=1S/C13H15F3N2O/c1-9(8-19-3)18(2)12-5-4-11(13(14,15)16)6-10(12)7-17/h4-6,9H,8H2,1-3H3. The lowest BCUT2D eigenvalue weighted by atomic mass is 10.1. The number of nitrogens with zero attached hydrogens (tertiary/aromatic N) is 2. The average molecular weight is 272 g/mol. The molecule has 0 aliphatic heterocycles. The van der Waals surface area contributed by atoms with E-state index in [4.69, 9.17) is 10.00 Å². The summed E-state index contributed by atoms with van der Waals surface area (Å²) in [5.41, 5.74) is -0.360. The fourth-order valence-electron chi connectivity index (χ4n) is 1.70. The van der Waals surface area contributed by atoms with Crippen molar-refractivity contribution in [2.75, 3.05) is 25.7 Å². The van der Waals surface area contributed by atoms with Crippen LogP contribution in [-0.2, 0) is 10.9 Å². The summed E-state index contributed by atoms with van der Waals surface area (Å²) in [6, 6.07) is 4.91. The molecule has 0 saturated heterocycles. The van der Waals surface area contributed by atoms with Gasteiger partial charge < -0.3 is 9.64 Å². The van der Waals surface area contributed by atoms with E-state index in [0.717, 1.165) is 12.1 Å². The third-order valence-corrected chi connectivity index (χ3v) is 2.89. The van der Waals surface area contributed by atoms with Gasteiger partial charge in [-0.1, -0.05) is 0 Å². The normalized spacial score (nSPS) is 12.9. The number of hydrogen-bond acceptors (Lipinski definition) is 3. The highest BCUT2D eigenvalue weighted by molar-refractivity contribution is 5.60. The molecule has 0 amide bonds. The molecular formula is C13H15F3N2O. The molecule has 0 aromatic heterocycles. The first kappa shape index (κ1) is 15.3. The van der Waals surface area contributed by atoms with Crippen LogP contribution in [-0.4, -0.2) is 26.8 Å². The van der Waals surface area contributed by atoms with Gasteiger partial charge in [-0.2, -0.15) is 18.4 Å². The number of benzene rings is 1. The average Bonchev–Trinajstić information content (AvgIpc) is 2.36. The van der Waals surface area contributed by atoms with Gasteiger partial charge in [-0.25, -0.2) is 0 Å². The number of anilines is 1. The molecule has 0 N–H and O–H groups in total. The van der Waals surface area contributed by atoms with E-state index in [1.54, 1.807) is 25.1 Å². The molecule has 1 rings (SSSR count). The van der Waals surface area contributed by atoms with E-state index >= 15 is 0 Å². The quantitative estimate of drug-likeness (QED) is 0.845. The van der Waals surface area contributed by atoms with Crippen molar-refractivity contribution in [1.82, 2.24) is 0 Å². The maximum atomic E-state index is 12.6. The molecule has 0 fully saturated rings. The molecule has 1 aromatic rings. The van der Waals surface area contributed by atoms with Crippen LogP contribution < -0.4 is 4.90 Å². The molecule has 0 spiro atoms. The van der Waals surface area contributed by atoms with Crippen LogP contribution in [0.2, 0.25) is 0 Å². The molecule has 0 aliphatic carbocycles. The minimum atomic E-state index is -4.44. The molecule has 0 saturated carbocycles. The Morgan fingerprint density at radius 1 is 1.42 bits per heavy atom. The molecule has 19 heavy (non-hydrogen) atoms. The Morgan fingerprint density at radius 3 is 2.53 bits per heavy atom. The van der Waals surface area contributed by atoms with Gasteiger partial charge in [-0.05, 0) is 25.1 Å². The van der Waals surface area contributed by atoms with Gasteiger partial charge in [0.05, 0.1) is 23.4 Å². The fourth-order valence-corrected chi connectivity index (χ4v) is 1.70. The Kier molecular flexibility index (Phi) is 4.78. The van der Waals surface area contributed by atoms with Crippen molar-refractivity contribution < 1.29 is 17.9 Å². The number of alkyl halides is 3. The molecule has 1 unspecified atom stereocenters. The summed E-state index contributed by atoms with van der Waals surface area (Å²) in [6.07, 6.45) is -4.44. The van der Waals surface area contributed by atoms with E-state index in [-0.39, 0.29) is 11.6 Å². The maximum absolute atomic E-state index is 12.6. The molecular weight excluding hydrogens is 257 g/mol. The van der Waals surface area contributed by atoms with E-state index in [1.807, 2.05) is 6.92 Å². The maximum Gasteiger partial charge on any atom is 0.416 e. The first-order valence-corrected chi connectivity index (χ1v) is 5.64. The first-order chi connectivity index (χ1) is 8.81. The number of halogens is 3. The van der Waals surface area contributed by atoms with Gasteiger partial charge in [-0.15, -0.1) is 0 Å². The number of hydrogen-bond donors (Lipinski definition) is 0. The van der Waals surface area contributed by atoms with E-state index in [9.17, 15) is 13.2 Å². The molecule has 3 nitrogen and oxygen atoms in total. The van der Waals surface area contributed by atoms with Gasteiger partial charge in [0.25, 0.3) is 0 Å². The lowest BCUT2D eigenvalue weighted by Crippen LogP contribution is -2.33. The zero-order chi connectivity index (χ0) is 14.6. The minimum absolute atomic E-state index is 0.000257. The van der Waals surface area contributed by atoms with Crippen molar-refractivity contribution >= 4 is 5.69 Å². The minimum Gasteiger partial charge on any atom is -0.383 e. The second-order valence-corrected chi connectivity index (χ2v) is 4.26. The van der Waals surface area contributed by atoms with Crippen LogP contribution in [0.25, 0.3) is 0 Å². The summed E-state index contributed by atoms with van der Waals surface area (Å²) in [7, 11) is 3.26. The molecule has 0 heterocycles. The summed E-state index contributed by atoms with van der Waals surface area (Å²) in [6.45, 7) is 2.28. The Morgan fingerprint density at radius 2 is 2.05 bits per heavy atom. The van der Waals surface area contributed by atoms with Gasteiger partial charge in [0.15, 0.2) is 0 Å². The number of rotatable bonds is 4. The third-order valence-electron chi connectivity index (χ3n) is 2.89. The van der Waals surface area contributed by atoms with E-state index in [1.165, 1.54) is 6.07 Å². The van der Waals surface area contributed by atoms with Gasteiger partial charge in [-0.3, -0.25) is 0 Å². The molecule has 104 valence electrons. The molecule has 0 aliphatic rings. The van der Waals surface area contributed by atoms with Crippen molar-refractivity contribution in [3.8, 4) is 6.07 Å². The lowest BCUT2D eigenvalue weighted by molar-refractivity contribution is -0.137. The van der Waals surface area contributed by atoms with Gasteiger partial charge in [0.1, 0.15) is 6.07 Å². The monoisotopic (exact) mass is 272 g/mol. The van der Waals surface area contributed by atoms with Crippen molar-refractivity contribution in [1.29, 1.82) is 5.26 Å². The highest BCUT2D eigenvalue weighted by atomic mass is 19.4. The van der Waals surface area contributed by atoms with Crippen molar-refractivity contribution in [3.63, 3.8) is 0 Å². The summed E-state index contributed by atoms with van der Waals surface area (Å²) in [5, 5.41) is 8.99. The number of nitriles is 1. The van der Waals surface area contributed by atoms with Crippen LogP contribution in [0.5, 0.6) is 0 Å². The zero-order valence-electron chi connectivity index (χ0n) is 11.0. The molecule has 0 bridgehead atoms. The smallest absolute Gasteiger partial charge is 0.383 e. The van der Waals surface area contributed by atoms with Crippen LogP contribution in [0.3, 0.4) is 0 Å². The number of ether oxygens (including phenoxy) is 1. The first-order valence-electron chi connectivity index (χ1n) is 5.64. The predicted octanol–water partition coefficient (Wildman–Crippen LogP) is 3.05. The SMILES string of the molecule is COCC(C)N(C)c1ccc(C(F)(F)F)cc1C#N. The molecule has 6 heteroatoms. The van der Waals surface area contributed by atoms with Crippen molar-refractivity contribution in [3.05, 3.63) is 29.3 Å². The Bertz CT molecular complexity index is 480. The van der Waals surface area contributed by atoms with Gasteiger partial charge in [0.2, 0.25) is 0 Å². The fraction of sp³-hybridized carbons (Fsp3) is 0.462. The number of methoxy groups -OCH3 is 1. The van der Waals surface area contributed by atoms with Crippen LogP contribution in [0.15, 0.2) is 18.2 Å². The topological polar surface area (TPSA) is 36.3 Å².